The van der Waals surface area contributed by atoms with E-state index in [0.29, 0.717) is 43.9 Å². The van der Waals surface area contributed by atoms with Crippen molar-refractivity contribution in [1.82, 2.24) is 19.8 Å². The Morgan fingerprint density at radius 1 is 1.20 bits per heavy atom. The number of rotatable bonds is 8. The number of hydrogen-bond acceptors (Lipinski definition) is 8. The lowest BCUT2D eigenvalue weighted by Crippen LogP contribution is -2.48. The SMILES string of the molecule is C=CC(=O)N1CCN(c2nc(OCCN3CC[C@H](OC)C3)nc3c(F)c(-c4c(O)cccc4F)c(Cl)cc23)CC1. The largest absolute Gasteiger partial charge is 0.507 e. The number of anilines is 1. The molecule has 2 aliphatic rings. The molecule has 0 unspecified atom stereocenters. The van der Waals surface area contributed by atoms with Gasteiger partial charge in [0, 0.05) is 63.9 Å². The van der Waals surface area contributed by atoms with Gasteiger partial charge in [0.1, 0.15) is 29.5 Å². The topological polar surface area (TPSA) is 91.3 Å². The number of likely N-dealkylation sites (tertiary alicyclic amines) is 1. The monoisotopic (exact) mass is 573 g/mol. The molecule has 2 saturated heterocycles. The van der Waals surface area contributed by atoms with E-state index in [0.717, 1.165) is 25.6 Å². The van der Waals surface area contributed by atoms with Gasteiger partial charge in [0.2, 0.25) is 5.91 Å². The van der Waals surface area contributed by atoms with E-state index >= 15 is 4.39 Å². The van der Waals surface area contributed by atoms with Crippen LogP contribution in [0.1, 0.15) is 6.42 Å². The second-order valence-electron chi connectivity index (χ2n) is 9.72. The first-order valence-corrected chi connectivity index (χ1v) is 13.4. The number of ether oxygens (including phenoxy) is 2. The van der Waals surface area contributed by atoms with Crippen molar-refractivity contribution in [1.29, 1.82) is 0 Å². The summed E-state index contributed by atoms with van der Waals surface area (Å²) in [6.45, 7) is 7.76. The van der Waals surface area contributed by atoms with Crippen molar-refractivity contribution < 1.29 is 28.2 Å². The van der Waals surface area contributed by atoms with Crippen molar-refractivity contribution in [3.05, 3.63) is 53.6 Å². The molecule has 3 heterocycles. The van der Waals surface area contributed by atoms with Crippen LogP contribution in [0, 0.1) is 11.6 Å². The minimum atomic E-state index is -0.903. The molecule has 1 N–H and O–H groups in total. The van der Waals surface area contributed by atoms with Crippen molar-refractivity contribution in [2.45, 2.75) is 12.5 Å². The van der Waals surface area contributed by atoms with Crippen LogP contribution in [0.15, 0.2) is 36.9 Å². The van der Waals surface area contributed by atoms with Crippen LogP contribution in [0.3, 0.4) is 0 Å². The first-order valence-electron chi connectivity index (χ1n) is 13.0. The highest BCUT2D eigenvalue weighted by Crippen LogP contribution is 2.42. The molecule has 2 aliphatic heterocycles. The van der Waals surface area contributed by atoms with Gasteiger partial charge in [-0.2, -0.15) is 9.97 Å². The number of aromatic nitrogens is 2. The van der Waals surface area contributed by atoms with E-state index in [9.17, 15) is 14.3 Å². The Morgan fingerprint density at radius 3 is 2.65 bits per heavy atom. The normalized spacial score (nSPS) is 17.9. The maximum absolute atomic E-state index is 16.2. The van der Waals surface area contributed by atoms with Crippen LogP contribution in [0.4, 0.5) is 14.6 Å². The van der Waals surface area contributed by atoms with E-state index in [1.54, 1.807) is 12.0 Å². The molecule has 2 fully saturated rings. The van der Waals surface area contributed by atoms with Crippen LogP contribution in [-0.2, 0) is 9.53 Å². The van der Waals surface area contributed by atoms with Gasteiger partial charge in [-0.15, -0.1) is 0 Å². The number of carbonyl (C=O) groups excluding carboxylic acids is 1. The second kappa shape index (κ2) is 11.9. The number of amides is 1. The average molecular weight is 574 g/mol. The molecule has 0 spiro atoms. The fourth-order valence-electron chi connectivity index (χ4n) is 5.18. The van der Waals surface area contributed by atoms with Gasteiger partial charge in [0.25, 0.3) is 0 Å². The maximum atomic E-state index is 16.2. The van der Waals surface area contributed by atoms with Crippen molar-refractivity contribution in [2.75, 3.05) is 64.4 Å². The number of nitrogens with zero attached hydrogens (tertiary/aromatic N) is 5. The van der Waals surface area contributed by atoms with E-state index in [4.69, 9.17) is 21.1 Å². The zero-order chi connectivity index (χ0) is 28.4. The molecule has 1 amide bonds. The van der Waals surface area contributed by atoms with Crippen LogP contribution in [0.25, 0.3) is 22.0 Å². The molecule has 212 valence electrons. The number of carbonyl (C=O) groups is 1. The summed E-state index contributed by atoms with van der Waals surface area (Å²) in [6, 6.07) is 5.12. The molecule has 3 aromatic rings. The Bertz CT molecular complexity index is 1410. The lowest BCUT2D eigenvalue weighted by molar-refractivity contribution is -0.126. The summed E-state index contributed by atoms with van der Waals surface area (Å²) in [5.41, 5.74) is -0.774. The molecular formula is C28H30ClF2N5O4. The molecule has 0 radical (unpaired) electrons. The number of piperazine rings is 1. The predicted molar refractivity (Wildman–Crippen MR) is 148 cm³/mol. The number of methoxy groups -OCH3 is 1. The molecule has 40 heavy (non-hydrogen) atoms. The number of phenolic OH excluding ortho intramolecular Hbond substituents is 1. The summed E-state index contributed by atoms with van der Waals surface area (Å²) >= 11 is 6.50. The third-order valence-electron chi connectivity index (χ3n) is 7.35. The van der Waals surface area contributed by atoms with E-state index in [2.05, 4.69) is 21.4 Å². The predicted octanol–water partition coefficient (Wildman–Crippen LogP) is 3.87. The lowest BCUT2D eigenvalue weighted by Gasteiger charge is -2.35. The number of halogens is 3. The molecule has 9 nitrogen and oxygen atoms in total. The average Bonchev–Trinajstić information content (AvgIpc) is 3.42. The minimum Gasteiger partial charge on any atom is -0.507 e. The van der Waals surface area contributed by atoms with Crippen LogP contribution in [0.5, 0.6) is 11.8 Å². The van der Waals surface area contributed by atoms with Crippen LogP contribution < -0.4 is 9.64 Å². The minimum absolute atomic E-state index is 0.0421. The van der Waals surface area contributed by atoms with Crippen LogP contribution in [0.2, 0.25) is 5.02 Å². The molecule has 1 aromatic heterocycles. The highest BCUT2D eigenvalue weighted by molar-refractivity contribution is 6.34. The zero-order valence-corrected chi connectivity index (χ0v) is 22.8. The van der Waals surface area contributed by atoms with Gasteiger partial charge in [-0.25, -0.2) is 8.78 Å². The standard InChI is InChI=1S/C28H30ClF2N5O4/c1-3-22(38)35-9-11-36(12-10-35)27-18-15-19(29)23(24-20(30)5-4-6-21(24)37)25(31)26(18)32-28(33-27)40-14-13-34-8-7-17(16-34)39-2/h3-6,15,17,37H,1,7-14,16H2,2H3/t17-/m0/s1. The molecule has 0 bridgehead atoms. The Labute approximate surface area is 235 Å². The van der Waals surface area contributed by atoms with Crippen molar-refractivity contribution >= 4 is 34.2 Å². The van der Waals surface area contributed by atoms with Crippen LogP contribution in [-0.4, -0.2) is 96.4 Å². The Balaban J connectivity index is 1.52. The highest BCUT2D eigenvalue weighted by Gasteiger charge is 2.28. The summed E-state index contributed by atoms with van der Waals surface area (Å²) in [6.07, 6.45) is 2.39. The summed E-state index contributed by atoms with van der Waals surface area (Å²) < 4.78 is 42.2. The van der Waals surface area contributed by atoms with Crippen molar-refractivity contribution in [3.8, 4) is 22.9 Å². The quantitative estimate of drug-likeness (QED) is 0.406. The number of phenols is 1. The van der Waals surface area contributed by atoms with Gasteiger partial charge in [0.15, 0.2) is 5.82 Å². The molecule has 2 aromatic carbocycles. The van der Waals surface area contributed by atoms with Gasteiger partial charge in [-0.3, -0.25) is 9.69 Å². The molecular weight excluding hydrogens is 544 g/mol. The van der Waals surface area contributed by atoms with Gasteiger partial charge >= 0.3 is 6.01 Å². The van der Waals surface area contributed by atoms with Gasteiger partial charge in [0.05, 0.1) is 16.7 Å². The lowest BCUT2D eigenvalue weighted by atomic mass is 10.0. The van der Waals surface area contributed by atoms with Gasteiger partial charge in [-0.1, -0.05) is 24.2 Å². The summed E-state index contributed by atoms with van der Waals surface area (Å²) in [5.74, 6) is -1.96. The fourth-order valence-corrected chi connectivity index (χ4v) is 5.47. The van der Waals surface area contributed by atoms with E-state index in [1.165, 1.54) is 24.3 Å². The molecule has 1 atom stereocenters. The Morgan fingerprint density at radius 2 is 1.98 bits per heavy atom. The van der Waals surface area contributed by atoms with E-state index < -0.39 is 17.4 Å². The third kappa shape index (κ3) is 5.54. The van der Waals surface area contributed by atoms with E-state index in [1.807, 2.05) is 4.90 Å². The third-order valence-corrected chi connectivity index (χ3v) is 7.65. The number of benzene rings is 2. The first kappa shape index (κ1) is 28.0. The van der Waals surface area contributed by atoms with E-state index in [-0.39, 0.29) is 46.3 Å². The maximum Gasteiger partial charge on any atom is 0.319 e. The number of hydrogen-bond donors (Lipinski definition) is 1. The Hall–Kier alpha value is -3.54. The second-order valence-corrected chi connectivity index (χ2v) is 10.1. The van der Waals surface area contributed by atoms with Gasteiger partial charge < -0.3 is 24.4 Å². The first-order chi connectivity index (χ1) is 19.3. The van der Waals surface area contributed by atoms with Crippen molar-refractivity contribution in [2.24, 2.45) is 0 Å². The zero-order valence-electron chi connectivity index (χ0n) is 22.1. The summed E-state index contributed by atoms with van der Waals surface area (Å²) in [7, 11) is 1.69. The summed E-state index contributed by atoms with van der Waals surface area (Å²) in [4.78, 5) is 26.8. The van der Waals surface area contributed by atoms with Crippen molar-refractivity contribution in [3.63, 3.8) is 0 Å². The van der Waals surface area contributed by atoms with Gasteiger partial charge in [-0.05, 0) is 30.7 Å². The molecule has 0 saturated carbocycles. The summed E-state index contributed by atoms with van der Waals surface area (Å²) in [5, 5.41) is 10.5. The number of fused-ring (bicyclic) bond motifs is 1. The Kier molecular flexibility index (Phi) is 8.34. The van der Waals surface area contributed by atoms with Crippen LogP contribution >= 0.6 is 11.6 Å². The molecule has 12 heteroatoms. The fraction of sp³-hybridized carbons (Fsp3) is 0.393. The molecule has 5 rings (SSSR count). The highest BCUT2D eigenvalue weighted by atomic mass is 35.5. The molecule has 0 aliphatic carbocycles. The smallest absolute Gasteiger partial charge is 0.319 e. The number of aromatic hydroxyl groups is 1.